The fourth-order valence-electron chi connectivity index (χ4n) is 3.78. The highest BCUT2D eigenvalue weighted by Crippen LogP contribution is 2.23. The summed E-state index contributed by atoms with van der Waals surface area (Å²) in [5.74, 6) is 0.117. The van der Waals surface area contributed by atoms with Crippen LogP contribution in [0, 0.1) is 0 Å². The average Bonchev–Trinajstić information content (AvgIpc) is 2.73. The number of pyridine rings is 1. The molecule has 1 aromatic heterocycles. The summed E-state index contributed by atoms with van der Waals surface area (Å²) in [4.78, 5) is 12.9. The van der Waals surface area contributed by atoms with Crippen LogP contribution >= 0.6 is 0 Å². The molecule has 1 heterocycles. The molecule has 0 aliphatic carbocycles. The van der Waals surface area contributed by atoms with Crippen LogP contribution < -0.4 is 4.57 Å². The third kappa shape index (κ3) is 2.76. The van der Waals surface area contributed by atoms with Crippen molar-refractivity contribution in [3.8, 4) is 0 Å². The number of aromatic nitrogens is 1. The standard InChI is InChI=1S/C25H18NO/c27-25(21-12-11-18-6-1-2-8-20(18)16-21)17-26-15-5-10-23-22-9-4-3-7-19(22)13-14-24(23)26/h1-16H,17H2/q+1. The third-order valence-corrected chi connectivity index (χ3v) is 5.17. The number of Topliss-reactive ketones (excluding diaryl/α,β-unsaturated/α-hetero) is 1. The molecule has 27 heavy (non-hydrogen) atoms. The van der Waals surface area contributed by atoms with Crippen LogP contribution in [0.2, 0.25) is 0 Å². The highest BCUT2D eigenvalue weighted by molar-refractivity contribution is 6.05. The van der Waals surface area contributed by atoms with E-state index in [1.54, 1.807) is 0 Å². The van der Waals surface area contributed by atoms with E-state index >= 15 is 0 Å². The summed E-state index contributed by atoms with van der Waals surface area (Å²) < 4.78 is 2.04. The van der Waals surface area contributed by atoms with E-state index in [1.807, 2.05) is 53.2 Å². The first kappa shape index (κ1) is 15.7. The van der Waals surface area contributed by atoms with Crippen molar-refractivity contribution in [1.82, 2.24) is 0 Å². The van der Waals surface area contributed by atoms with Gasteiger partial charge in [-0.1, -0.05) is 60.7 Å². The van der Waals surface area contributed by atoms with Crippen molar-refractivity contribution >= 4 is 38.2 Å². The third-order valence-electron chi connectivity index (χ3n) is 5.17. The number of fused-ring (bicyclic) bond motifs is 4. The van der Waals surface area contributed by atoms with E-state index in [0.29, 0.717) is 6.54 Å². The molecule has 2 nitrogen and oxygen atoms in total. The summed E-state index contributed by atoms with van der Waals surface area (Å²) in [6.07, 6.45) is 1.98. The van der Waals surface area contributed by atoms with E-state index in [1.165, 1.54) is 16.2 Å². The van der Waals surface area contributed by atoms with Crippen molar-refractivity contribution < 1.29 is 9.36 Å². The SMILES string of the molecule is O=C(C[n+]1cccc2c3ccccc3ccc21)c1ccc2ccccc2c1. The fourth-order valence-corrected chi connectivity index (χ4v) is 3.78. The molecule has 0 N–H and O–H groups in total. The van der Waals surface area contributed by atoms with Gasteiger partial charge in [-0.15, -0.1) is 0 Å². The topological polar surface area (TPSA) is 20.9 Å². The molecule has 0 unspecified atom stereocenters. The Labute approximate surface area is 157 Å². The van der Waals surface area contributed by atoms with E-state index in [4.69, 9.17) is 0 Å². The number of carbonyl (C=O) groups excluding carboxylic acids is 1. The molecule has 0 amide bonds. The molecule has 0 aliphatic rings. The molecule has 0 saturated carbocycles. The Morgan fingerprint density at radius 2 is 1.37 bits per heavy atom. The Bertz CT molecular complexity index is 1320. The molecule has 5 rings (SSSR count). The largest absolute Gasteiger partial charge is 0.287 e. The molecule has 5 aromatic rings. The lowest BCUT2D eigenvalue weighted by Crippen LogP contribution is -2.38. The molecule has 0 saturated heterocycles. The van der Waals surface area contributed by atoms with Crippen molar-refractivity contribution in [2.45, 2.75) is 6.54 Å². The van der Waals surface area contributed by atoms with Crippen molar-refractivity contribution in [3.05, 3.63) is 103 Å². The second-order valence-corrected chi connectivity index (χ2v) is 6.84. The summed E-state index contributed by atoms with van der Waals surface area (Å²) in [5.41, 5.74) is 1.82. The molecule has 0 radical (unpaired) electrons. The monoisotopic (exact) mass is 348 g/mol. The van der Waals surface area contributed by atoms with Gasteiger partial charge in [-0.2, -0.15) is 4.57 Å². The molecule has 0 bridgehead atoms. The maximum atomic E-state index is 12.9. The van der Waals surface area contributed by atoms with Gasteiger partial charge in [0.1, 0.15) is 0 Å². The summed E-state index contributed by atoms with van der Waals surface area (Å²) >= 11 is 0. The number of carbonyl (C=O) groups is 1. The van der Waals surface area contributed by atoms with Gasteiger partial charge in [-0.3, -0.25) is 4.79 Å². The number of rotatable bonds is 3. The van der Waals surface area contributed by atoms with Gasteiger partial charge in [0, 0.05) is 17.7 Å². The normalized spacial score (nSPS) is 11.3. The van der Waals surface area contributed by atoms with E-state index in [2.05, 4.69) is 48.5 Å². The van der Waals surface area contributed by atoms with Gasteiger partial charge in [-0.25, -0.2) is 0 Å². The molecule has 2 heteroatoms. The van der Waals surface area contributed by atoms with Gasteiger partial charge in [0.2, 0.25) is 17.8 Å². The Morgan fingerprint density at radius 3 is 2.26 bits per heavy atom. The van der Waals surface area contributed by atoms with E-state index in [9.17, 15) is 4.79 Å². The van der Waals surface area contributed by atoms with Crippen LogP contribution in [0.15, 0.2) is 97.2 Å². The van der Waals surface area contributed by atoms with Gasteiger partial charge in [0.15, 0.2) is 6.20 Å². The van der Waals surface area contributed by atoms with Crippen LogP contribution in [0.3, 0.4) is 0 Å². The van der Waals surface area contributed by atoms with Crippen molar-refractivity contribution in [3.63, 3.8) is 0 Å². The Morgan fingerprint density at radius 1 is 0.667 bits per heavy atom. The molecule has 128 valence electrons. The predicted octanol–water partition coefficient (Wildman–Crippen LogP) is 5.32. The number of ketones is 1. The first-order chi connectivity index (χ1) is 13.3. The number of nitrogens with zero attached hydrogens (tertiary/aromatic N) is 1. The zero-order chi connectivity index (χ0) is 18.2. The maximum absolute atomic E-state index is 12.9. The molecule has 0 aliphatic heterocycles. The average molecular weight is 348 g/mol. The quantitative estimate of drug-likeness (QED) is 0.246. The highest BCUT2D eigenvalue weighted by Gasteiger charge is 2.16. The molecule has 0 atom stereocenters. The lowest BCUT2D eigenvalue weighted by atomic mass is 10.0. The first-order valence-corrected chi connectivity index (χ1v) is 9.11. The first-order valence-electron chi connectivity index (χ1n) is 9.11. The Kier molecular flexibility index (Phi) is 3.68. The lowest BCUT2D eigenvalue weighted by Gasteiger charge is -2.05. The van der Waals surface area contributed by atoms with Gasteiger partial charge in [0.25, 0.3) is 0 Å². The number of hydrogen-bond donors (Lipinski definition) is 0. The minimum Gasteiger partial charge on any atom is -0.287 e. The summed E-state index contributed by atoms with van der Waals surface area (Å²) in [6, 6.07) is 30.8. The zero-order valence-electron chi connectivity index (χ0n) is 14.8. The van der Waals surface area contributed by atoms with Crippen LogP contribution in [0.4, 0.5) is 0 Å². The second kappa shape index (κ2) is 6.33. The van der Waals surface area contributed by atoms with E-state index in [-0.39, 0.29) is 5.78 Å². The minimum absolute atomic E-state index is 0.117. The van der Waals surface area contributed by atoms with E-state index in [0.717, 1.165) is 21.9 Å². The van der Waals surface area contributed by atoms with Crippen molar-refractivity contribution in [1.29, 1.82) is 0 Å². The minimum atomic E-state index is 0.117. The zero-order valence-corrected chi connectivity index (χ0v) is 14.8. The predicted molar refractivity (Wildman–Crippen MR) is 110 cm³/mol. The van der Waals surface area contributed by atoms with Crippen LogP contribution in [-0.4, -0.2) is 5.78 Å². The van der Waals surface area contributed by atoms with Gasteiger partial charge < -0.3 is 0 Å². The molecular weight excluding hydrogens is 330 g/mol. The van der Waals surface area contributed by atoms with Crippen molar-refractivity contribution in [2.24, 2.45) is 0 Å². The van der Waals surface area contributed by atoms with Gasteiger partial charge in [-0.05, 0) is 39.7 Å². The van der Waals surface area contributed by atoms with Gasteiger partial charge >= 0.3 is 0 Å². The Balaban J connectivity index is 1.57. The van der Waals surface area contributed by atoms with Crippen LogP contribution in [-0.2, 0) is 6.54 Å². The summed E-state index contributed by atoms with van der Waals surface area (Å²) in [7, 11) is 0. The van der Waals surface area contributed by atoms with Crippen LogP contribution in [0.1, 0.15) is 10.4 Å². The Hall–Kier alpha value is -3.52. The van der Waals surface area contributed by atoms with Gasteiger partial charge in [0.05, 0.1) is 5.39 Å². The van der Waals surface area contributed by atoms with Crippen LogP contribution in [0.25, 0.3) is 32.4 Å². The number of benzene rings is 4. The highest BCUT2D eigenvalue weighted by atomic mass is 16.1. The second-order valence-electron chi connectivity index (χ2n) is 6.84. The molecular formula is C25H18NO+. The summed E-state index contributed by atoms with van der Waals surface area (Å²) in [5, 5.41) is 5.84. The molecule has 4 aromatic carbocycles. The maximum Gasteiger partial charge on any atom is 0.227 e. The van der Waals surface area contributed by atoms with Crippen LogP contribution in [0.5, 0.6) is 0 Å². The molecule has 0 fully saturated rings. The summed E-state index contributed by atoms with van der Waals surface area (Å²) in [6.45, 7) is 0.327. The fraction of sp³-hybridized carbons (Fsp3) is 0.0400. The molecule has 0 spiro atoms. The van der Waals surface area contributed by atoms with E-state index < -0.39 is 0 Å². The lowest BCUT2D eigenvalue weighted by molar-refractivity contribution is -0.657. The van der Waals surface area contributed by atoms with Crippen molar-refractivity contribution in [2.75, 3.05) is 0 Å². The number of hydrogen-bond acceptors (Lipinski definition) is 1. The smallest absolute Gasteiger partial charge is 0.227 e.